The van der Waals surface area contributed by atoms with E-state index in [0.29, 0.717) is 6.42 Å². The Labute approximate surface area is 211 Å². The number of methoxy groups -OCH3 is 1. The van der Waals surface area contributed by atoms with Crippen molar-refractivity contribution in [3.63, 3.8) is 0 Å². The summed E-state index contributed by atoms with van der Waals surface area (Å²) in [6.07, 6.45) is 0.583. The summed E-state index contributed by atoms with van der Waals surface area (Å²) in [5, 5.41) is 30.8. The van der Waals surface area contributed by atoms with E-state index in [4.69, 9.17) is 24.5 Å². The Hall–Kier alpha value is -3.68. The molecule has 0 bridgehead atoms. The van der Waals surface area contributed by atoms with Crippen molar-refractivity contribution >= 4 is 11.9 Å². The van der Waals surface area contributed by atoms with Gasteiger partial charge in [0.15, 0.2) is 0 Å². The highest BCUT2D eigenvalue weighted by Gasteiger charge is 2.48. The molecule has 0 aromatic heterocycles. The molecule has 4 rings (SSSR count). The highest BCUT2D eigenvalue weighted by molar-refractivity contribution is 6.27. The zero-order valence-electron chi connectivity index (χ0n) is 20.9. The second-order valence-electron chi connectivity index (χ2n) is 9.25. The fraction of sp³-hybridized carbons (Fsp3) is 0.310. The first kappa shape index (κ1) is 26.9. The summed E-state index contributed by atoms with van der Waals surface area (Å²) in [5.41, 5.74) is 4.69. The lowest BCUT2D eigenvalue weighted by Crippen LogP contribution is -2.50. The molecule has 1 aliphatic rings. The molecule has 190 valence electrons. The summed E-state index contributed by atoms with van der Waals surface area (Å²) in [4.78, 5) is 18.2. The number of carboxylic acids is 2. The van der Waals surface area contributed by atoms with Crippen LogP contribution in [0.4, 0.5) is 0 Å². The molecule has 1 aliphatic heterocycles. The van der Waals surface area contributed by atoms with Gasteiger partial charge < -0.3 is 25.4 Å². The van der Waals surface area contributed by atoms with Crippen molar-refractivity contribution in [2.75, 3.05) is 7.11 Å². The van der Waals surface area contributed by atoms with Gasteiger partial charge in [0, 0.05) is 30.0 Å². The van der Waals surface area contributed by atoms with Gasteiger partial charge in [-0.1, -0.05) is 84.8 Å². The van der Waals surface area contributed by atoms with Crippen LogP contribution in [0.3, 0.4) is 0 Å². The fourth-order valence-electron chi connectivity index (χ4n) is 4.72. The van der Waals surface area contributed by atoms with Crippen molar-refractivity contribution in [1.29, 1.82) is 0 Å². The predicted octanol–water partition coefficient (Wildman–Crippen LogP) is 4.77. The Balaban J connectivity index is 0.000000538. The molecule has 1 fully saturated rings. The molecule has 4 unspecified atom stereocenters. The minimum absolute atomic E-state index is 0.0144. The van der Waals surface area contributed by atoms with Crippen molar-refractivity contribution in [3.8, 4) is 5.75 Å². The lowest BCUT2D eigenvalue weighted by atomic mass is 9.68. The zero-order valence-corrected chi connectivity index (χ0v) is 20.9. The molecule has 1 saturated heterocycles. The minimum atomic E-state index is -1.82. The number of rotatable bonds is 4. The van der Waals surface area contributed by atoms with Crippen molar-refractivity contribution in [3.05, 3.63) is 101 Å². The number of piperidine rings is 1. The average molecular weight is 492 g/mol. The van der Waals surface area contributed by atoms with E-state index in [1.807, 2.05) is 24.3 Å². The molecule has 7 heteroatoms. The summed E-state index contributed by atoms with van der Waals surface area (Å²) < 4.78 is 5.65. The Kier molecular flexibility index (Phi) is 8.50. The van der Waals surface area contributed by atoms with Crippen LogP contribution in [0.1, 0.15) is 53.2 Å². The Morgan fingerprint density at radius 3 is 1.86 bits per heavy atom. The average Bonchev–Trinajstić information content (AvgIpc) is 2.87. The highest BCUT2D eigenvalue weighted by atomic mass is 16.5. The van der Waals surface area contributed by atoms with E-state index < -0.39 is 17.5 Å². The molecule has 0 amide bonds. The number of carboxylic acid groups (broad SMARTS) is 2. The van der Waals surface area contributed by atoms with Gasteiger partial charge in [-0.3, -0.25) is 0 Å². The molecule has 0 radical (unpaired) electrons. The second kappa shape index (κ2) is 11.4. The van der Waals surface area contributed by atoms with Gasteiger partial charge in [-0.2, -0.15) is 0 Å². The number of hydrogen-bond acceptors (Lipinski definition) is 5. The quantitative estimate of drug-likeness (QED) is 0.389. The van der Waals surface area contributed by atoms with Gasteiger partial charge in [0.25, 0.3) is 0 Å². The van der Waals surface area contributed by atoms with E-state index in [0.717, 1.165) is 11.3 Å². The van der Waals surface area contributed by atoms with Crippen LogP contribution in [-0.4, -0.2) is 34.4 Å². The first-order valence-corrected chi connectivity index (χ1v) is 11.8. The summed E-state index contributed by atoms with van der Waals surface area (Å²) in [6, 6.07) is 25.1. The van der Waals surface area contributed by atoms with Crippen molar-refractivity contribution < 1.29 is 29.6 Å². The molecule has 1 heterocycles. The largest absolute Gasteiger partial charge is 0.496 e. The number of ether oxygens (including phenoxy) is 1. The molecule has 7 nitrogen and oxygen atoms in total. The van der Waals surface area contributed by atoms with Crippen LogP contribution in [0.2, 0.25) is 0 Å². The first-order chi connectivity index (χ1) is 17.1. The van der Waals surface area contributed by atoms with Crippen molar-refractivity contribution in [2.24, 2.45) is 5.92 Å². The van der Waals surface area contributed by atoms with E-state index in [9.17, 15) is 5.11 Å². The van der Waals surface area contributed by atoms with Gasteiger partial charge in [-0.25, -0.2) is 9.59 Å². The van der Waals surface area contributed by atoms with E-state index in [2.05, 4.69) is 74.6 Å². The first-order valence-electron chi connectivity index (χ1n) is 11.8. The number of aryl methyl sites for hydroxylation is 2. The van der Waals surface area contributed by atoms with Gasteiger partial charge in [0.1, 0.15) is 5.75 Å². The fourth-order valence-corrected chi connectivity index (χ4v) is 4.72. The summed E-state index contributed by atoms with van der Waals surface area (Å²) in [6.45, 7) is 6.33. The zero-order chi connectivity index (χ0) is 26.5. The lowest BCUT2D eigenvalue weighted by Gasteiger charge is -2.48. The van der Waals surface area contributed by atoms with E-state index in [1.165, 1.54) is 22.3 Å². The van der Waals surface area contributed by atoms with Gasteiger partial charge >= 0.3 is 11.9 Å². The molecule has 0 spiro atoms. The number of benzene rings is 3. The van der Waals surface area contributed by atoms with Crippen molar-refractivity contribution in [1.82, 2.24) is 5.32 Å². The molecular weight excluding hydrogens is 458 g/mol. The summed E-state index contributed by atoms with van der Waals surface area (Å²) in [5.74, 6) is -2.96. The standard InChI is InChI=1S/C27H31NO2.C2H2O4/c1-18-9-13-21(14-10-18)24-17-27(29,23-7-5-6-8-25(23)30-4)20(3)26(28-24)22-15-11-19(2)12-16-22;3-1(4)2(5)6/h5-16,20,24,26,28-29H,17H2,1-4H3;(H,3,4)(H,5,6). The molecular formula is C29H33NO6. The third-order valence-corrected chi connectivity index (χ3v) is 6.82. The van der Waals surface area contributed by atoms with Crippen LogP contribution >= 0.6 is 0 Å². The molecule has 0 aliphatic carbocycles. The third-order valence-electron chi connectivity index (χ3n) is 6.82. The Bertz CT molecular complexity index is 1180. The minimum Gasteiger partial charge on any atom is -0.496 e. The summed E-state index contributed by atoms with van der Waals surface area (Å²) >= 11 is 0. The summed E-state index contributed by atoms with van der Waals surface area (Å²) in [7, 11) is 1.67. The monoisotopic (exact) mass is 491 g/mol. The van der Waals surface area contributed by atoms with Crippen LogP contribution in [0.25, 0.3) is 0 Å². The third kappa shape index (κ3) is 5.93. The van der Waals surface area contributed by atoms with Gasteiger partial charge in [-0.05, 0) is 31.0 Å². The van der Waals surface area contributed by atoms with Crippen LogP contribution in [0, 0.1) is 19.8 Å². The maximum Gasteiger partial charge on any atom is 0.414 e. The van der Waals surface area contributed by atoms with Crippen LogP contribution < -0.4 is 10.1 Å². The van der Waals surface area contributed by atoms with Gasteiger partial charge in [-0.15, -0.1) is 0 Å². The molecule has 36 heavy (non-hydrogen) atoms. The Morgan fingerprint density at radius 1 is 0.861 bits per heavy atom. The van der Waals surface area contributed by atoms with Crippen LogP contribution in [-0.2, 0) is 15.2 Å². The van der Waals surface area contributed by atoms with Crippen LogP contribution in [0.5, 0.6) is 5.75 Å². The Morgan fingerprint density at radius 2 is 1.36 bits per heavy atom. The predicted molar refractivity (Wildman–Crippen MR) is 137 cm³/mol. The SMILES string of the molecule is COc1ccccc1C1(O)CC(c2ccc(C)cc2)NC(c2ccc(C)cc2)C1C.O=C(O)C(=O)O. The van der Waals surface area contributed by atoms with Gasteiger partial charge in [0.2, 0.25) is 0 Å². The second-order valence-corrected chi connectivity index (χ2v) is 9.25. The number of aliphatic hydroxyl groups is 1. The number of hydrogen-bond donors (Lipinski definition) is 4. The van der Waals surface area contributed by atoms with E-state index >= 15 is 0 Å². The highest BCUT2D eigenvalue weighted by Crippen LogP contribution is 2.50. The van der Waals surface area contributed by atoms with Crippen LogP contribution in [0.15, 0.2) is 72.8 Å². The maximum atomic E-state index is 12.2. The normalized spacial score (nSPS) is 23.2. The number of para-hydroxylation sites is 1. The smallest absolute Gasteiger partial charge is 0.414 e. The number of aliphatic carboxylic acids is 2. The number of carbonyl (C=O) groups is 2. The van der Waals surface area contributed by atoms with Gasteiger partial charge in [0.05, 0.1) is 12.7 Å². The molecule has 3 aromatic rings. The topological polar surface area (TPSA) is 116 Å². The van der Waals surface area contributed by atoms with Crippen molar-refractivity contribution in [2.45, 2.75) is 44.9 Å². The van der Waals surface area contributed by atoms with E-state index in [1.54, 1.807) is 7.11 Å². The molecule has 4 atom stereocenters. The van der Waals surface area contributed by atoms with E-state index in [-0.39, 0.29) is 18.0 Å². The molecule has 3 aromatic carbocycles. The number of nitrogens with one attached hydrogen (secondary N) is 1. The lowest BCUT2D eigenvalue weighted by molar-refractivity contribution is -0.159. The maximum absolute atomic E-state index is 12.2. The molecule has 4 N–H and O–H groups in total. The molecule has 0 saturated carbocycles.